The van der Waals surface area contributed by atoms with Crippen molar-refractivity contribution in [2.45, 2.75) is 0 Å². The van der Waals surface area contributed by atoms with Gasteiger partial charge >= 0.3 is 0 Å². The highest BCUT2D eigenvalue weighted by atomic mass is 79.9. The number of halogens is 2. The Hall–Kier alpha value is -0.570. The number of hydrogen-bond donors (Lipinski definition) is 1. The molecule has 0 fully saturated rings. The maximum absolute atomic E-state index is 13.0. The van der Waals surface area contributed by atoms with Crippen LogP contribution in [0.3, 0.4) is 0 Å². The van der Waals surface area contributed by atoms with Crippen molar-refractivity contribution in [2.24, 2.45) is 0 Å². The van der Waals surface area contributed by atoms with E-state index in [2.05, 4.69) is 21.2 Å². The zero-order valence-corrected chi connectivity index (χ0v) is 6.57. The van der Waals surface area contributed by atoms with Crippen LogP contribution in [0, 0.1) is 5.82 Å². The minimum absolute atomic E-state index is 0.0248. The average molecular weight is 207 g/mol. The molecule has 1 nitrogen and oxygen atoms in total. The SMILES string of the molecule is [2H]C([2H])([2H])Nc1ccc(Br)cc1F. The van der Waals surface area contributed by atoms with Gasteiger partial charge in [-0.25, -0.2) is 4.39 Å². The molecular formula is C7H7BrFN. The molecule has 0 saturated heterocycles. The topological polar surface area (TPSA) is 12.0 Å². The third kappa shape index (κ3) is 1.48. The molecule has 0 bridgehead atoms. The van der Waals surface area contributed by atoms with E-state index in [1.165, 1.54) is 12.1 Å². The lowest BCUT2D eigenvalue weighted by Gasteiger charge is -2.00. The first-order valence-corrected chi connectivity index (χ1v) is 3.41. The molecule has 0 amide bonds. The second-order valence-corrected chi connectivity index (χ2v) is 2.66. The Morgan fingerprint density at radius 3 is 3.10 bits per heavy atom. The van der Waals surface area contributed by atoms with E-state index in [1.807, 2.05) is 0 Å². The Kier molecular flexibility index (Phi) is 1.31. The van der Waals surface area contributed by atoms with Crippen molar-refractivity contribution in [1.29, 1.82) is 0 Å². The first kappa shape index (κ1) is 4.34. The van der Waals surface area contributed by atoms with Crippen LogP contribution in [0.1, 0.15) is 4.11 Å². The van der Waals surface area contributed by atoms with Crippen molar-refractivity contribution in [1.82, 2.24) is 0 Å². The number of hydrogen-bond acceptors (Lipinski definition) is 1. The summed E-state index contributed by atoms with van der Waals surface area (Å²) in [6, 6.07) is 4.14. The van der Waals surface area contributed by atoms with E-state index in [9.17, 15) is 4.39 Å². The second-order valence-electron chi connectivity index (χ2n) is 1.75. The van der Waals surface area contributed by atoms with Gasteiger partial charge in [0.25, 0.3) is 0 Å². The molecule has 0 saturated carbocycles. The molecule has 0 aliphatic rings. The van der Waals surface area contributed by atoms with Crippen LogP contribution in [-0.4, -0.2) is 6.98 Å². The molecule has 1 aromatic carbocycles. The van der Waals surface area contributed by atoms with Crippen molar-refractivity contribution >= 4 is 21.6 Å². The fraction of sp³-hybridized carbons (Fsp3) is 0.143. The molecule has 0 radical (unpaired) electrons. The third-order valence-electron chi connectivity index (χ3n) is 1.07. The summed E-state index contributed by atoms with van der Waals surface area (Å²) in [5, 5.41) is 2.08. The second kappa shape index (κ2) is 3.01. The van der Waals surface area contributed by atoms with Gasteiger partial charge in [0, 0.05) is 15.6 Å². The van der Waals surface area contributed by atoms with Crippen LogP contribution >= 0.6 is 15.9 Å². The van der Waals surface area contributed by atoms with Gasteiger partial charge in [-0.3, -0.25) is 0 Å². The van der Waals surface area contributed by atoms with Crippen LogP contribution in [0.25, 0.3) is 0 Å². The molecule has 0 aliphatic carbocycles. The normalized spacial score (nSPS) is 15.2. The molecule has 54 valence electrons. The maximum atomic E-state index is 13.0. The fourth-order valence-corrected chi connectivity index (χ4v) is 0.924. The highest BCUT2D eigenvalue weighted by Gasteiger charge is 1.97. The Bertz CT molecular complexity index is 313. The molecule has 0 unspecified atom stereocenters. The summed E-state index contributed by atoms with van der Waals surface area (Å²) in [6.07, 6.45) is 0. The number of nitrogens with one attached hydrogen (secondary N) is 1. The molecule has 0 aromatic heterocycles. The van der Waals surface area contributed by atoms with Crippen molar-refractivity contribution in [3.05, 3.63) is 28.5 Å². The fourth-order valence-electron chi connectivity index (χ4n) is 0.591. The standard InChI is InChI=1S/C7H7BrFN/c1-10-7-3-2-5(8)4-6(7)9/h2-4,10H,1H3/i1D3. The predicted octanol–water partition coefficient (Wildman–Crippen LogP) is 2.63. The summed E-state index contributed by atoms with van der Waals surface area (Å²) < 4.78 is 34.2. The van der Waals surface area contributed by atoms with Crippen LogP contribution in [0.2, 0.25) is 0 Å². The van der Waals surface area contributed by atoms with Gasteiger partial charge in [0.2, 0.25) is 0 Å². The molecule has 10 heavy (non-hydrogen) atoms. The minimum Gasteiger partial charge on any atom is -0.386 e. The molecule has 0 spiro atoms. The maximum Gasteiger partial charge on any atom is 0.147 e. The molecule has 0 atom stereocenters. The summed E-state index contributed by atoms with van der Waals surface area (Å²) in [7, 11) is 0. The van der Waals surface area contributed by atoms with Gasteiger partial charge in [-0.1, -0.05) is 15.9 Å². The monoisotopic (exact) mass is 206 g/mol. The van der Waals surface area contributed by atoms with Gasteiger partial charge in [-0.05, 0) is 18.2 Å². The molecule has 0 aliphatic heterocycles. The lowest BCUT2D eigenvalue weighted by molar-refractivity contribution is 0.630. The number of benzene rings is 1. The van der Waals surface area contributed by atoms with Crippen molar-refractivity contribution in [2.75, 3.05) is 12.3 Å². The van der Waals surface area contributed by atoms with E-state index >= 15 is 0 Å². The Balaban J connectivity index is 2.90. The zero-order valence-electron chi connectivity index (χ0n) is 7.99. The summed E-state index contributed by atoms with van der Waals surface area (Å²) in [5.41, 5.74) is -0.0248. The van der Waals surface area contributed by atoms with Gasteiger partial charge in [-0.15, -0.1) is 0 Å². The lowest BCUT2D eigenvalue weighted by atomic mass is 10.3. The predicted molar refractivity (Wildman–Crippen MR) is 43.6 cm³/mol. The summed E-state index contributed by atoms with van der Waals surface area (Å²) in [4.78, 5) is 0. The Labute approximate surface area is 71.6 Å². The molecule has 1 N–H and O–H groups in total. The van der Waals surface area contributed by atoms with Crippen LogP contribution in [0.15, 0.2) is 22.7 Å². The van der Waals surface area contributed by atoms with Crippen LogP contribution in [0.4, 0.5) is 10.1 Å². The smallest absolute Gasteiger partial charge is 0.147 e. The Morgan fingerprint density at radius 2 is 2.50 bits per heavy atom. The molecule has 0 heterocycles. The average Bonchev–Trinajstić information content (AvgIpc) is 1.93. The van der Waals surface area contributed by atoms with E-state index in [0.717, 1.165) is 0 Å². The highest BCUT2D eigenvalue weighted by Crippen LogP contribution is 2.18. The van der Waals surface area contributed by atoms with Crippen LogP contribution in [-0.2, 0) is 0 Å². The largest absolute Gasteiger partial charge is 0.386 e. The van der Waals surface area contributed by atoms with Gasteiger partial charge in [0.15, 0.2) is 0 Å². The van der Waals surface area contributed by atoms with E-state index in [4.69, 9.17) is 4.11 Å². The molecule has 1 rings (SSSR count). The van der Waals surface area contributed by atoms with Gasteiger partial charge < -0.3 is 5.32 Å². The summed E-state index contributed by atoms with van der Waals surface area (Å²) in [6.45, 7) is -2.37. The van der Waals surface area contributed by atoms with Crippen molar-refractivity contribution in [3.8, 4) is 0 Å². The lowest BCUT2D eigenvalue weighted by Crippen LogP contribution is -1.90. The first-order chi connectivity index (χ1) is 5.88. The van der Waals surface area contributed by atoms with E-state index in [-0.39, 0.29) is 5.69 Å². The van der Waals surface area contributed by atoms with Crippen molar-refractivity contribution in [3.63, 3.8) is 0 Å². The molecular weight excluding hydrogens is 197 g/mol. The number of anilines is 1. The molecule has 3 heteroatoms. The highest BCUT2D eigenvalue weighted by molar-refractivity contribution is 9.10. The summed E-state index contributed by atoms with van der Waals surface area (Å²) in [5.74, 6) is -0.592. The van der Waals surface area contributed by atoms with Gasteiger partial charge in [0.05, 0.1) is 5.69 Å². The van der Waals surface area contributed by atoms with Crippen LogP contribution < -0.4 is 5.32 Å². The van der Waals surface area contributed by atoms with E-state index in [0.29, 0.717) is 4.47 Å². The minimum atomic E-state index is -2.37. The quantitative estimate of drug-likeness (QED) is 0.746. The summed E-state index contributed by atoms with van der Waals surface area (Å²) >= 11 is 3.07. The number of rotatable bonds is 1. The van der Waals surface area contributed by atoms with Crippen LogP contribution in [0.5, 0.6) is 0 Å². The Morgan fingerprint density at radius 1 is 1.70 bits per heavy atom. The van der Waals surface area contributed by atoms with Crippen molar-refractivity contribution < 1.29 is 8.50 Å². The molecule has 1 aromatic rings. The van der Waals surface area contributed by atoms with E-state index in [1.54, 1.807) is 6.07 Å². The van der Waals surface area contributed by atoms with Gasteiger partial charge in [-0.2, -0.15) is 0 Å². The van der Waals surface area contributed by atoms with Gasteiger partial charge in [0.1, 0.15) is 5.82 Å². The zero-order chi connectivity index (χ0) is 10.1. The third-order valence-corrected chi connectivity index (χ3v) is 1.56. The van der Waals surface area contributed by atoms with E-state index < -0.39 is 12.8 Å². The first-order valence-electron chi connectivity index (χ1n) is 4.12.